The standard InChI is InChI=1S/C16H17N3O2S2/c1-9(2)15-18-19-16(21-15)13-7-12(10(3)23-13)17-14(20)6-11-4-5-22-8-11/h4-5,7-9H,6H2,1-3H3,(H,17,20). The molecule has 0 fully saturated rings. The van der Waals surface area contributed by atoms with Crippen molar-refractivity contribution in [1.82, 2.24) is 10.2 Å². The lowest BCUT2D eigenvalue weighted by Crippen LogP contribution is -2.13. The first-order valence-corrected chi connectivity index (χ1v) is 9.04. The molecule has 120 valence electrons. The van der Waals surface area contributed by atoms with Crippen LogP contribution in [0.2, 0.25) is 0 Å². The van der Waals surface area contributed by atoms with Crippen molar-refractivity contribution in [2.24, 2.45) is 0 Å². The Hall–Kier alpha value is -1.99. The summed E-state index contributed by atoms with van der Waals surface area (Å²) in [4.78, 5) is 14.0. The van der Waals surface area contributed by atoms with Crippen LogP contribution in [0.4, 0.5) is 5.69 Å². The van der Waals surface area contributed by atoms with Crippen LogP contribution in [0.25, 0.3) is 10.8 Å². The highest BCUT2D eigenvalue weighted by molar-refractivity contribution is 7.15. The van der Waals surface area contributed by atoms with Crippen molar-refractivity contribution in [3.63, 3.8) is 0 Å². The Morgan fingerprint density at radius 1 is 1.39 bits per heavy atom. The molecular weight excluding hydrogens is 330 g/mol. The zero-order valence-corrected chi connectivity index (χ0v) is 14.8. The first kappa shape index (κ1) is 15.9. The molecule has 0 aromatic carbocycles. The number of amides is 1. The molecule has 3 rings (SSSR count). The molecule has 0 aliphatic heterocycles. The van der Waals surface area contributed by atoms with Gasteiger partial charge in [-0.3, -0.25) is 4.79 Å². The van der Waals surface area contributed by atoms with Gasteiger partial charge in [-0.1, -0.05) is 13.8 Å². The van der Waals surface area contributed by atoms with Gasteiger partial charge in [0.15, 0.2) is 0 Å². The number of carbonyl (C=O) groups is 1. The fourth-order valence-electron chi connectivity index (χ4n) is 2.05. The maximum Gasteiger partial charge on any atom is 0.257 e. The quantitative estimate of drug-likeness (QED) is 0.739. The molecule has 0 saturated carbocycles. The number of nitrogens with zero attached hydrogens (tertiary/aromatic N) is 2. The Balaban J connectivity index is 1.73. The maximum absolute atomic E-state index is 12.1. The molecule has 23 heavy (non-hydrogen) atoms. The van der Waals surface area contributed by atoms with E-state index in [4.69, 9.17) is 4.42 Å². The topological polar surface area (TPSA) is 68.0 Å². The maximum atomic E-state index is 12.1. The Labute approximate surface area is 142 Å². The van der Waals surface area contributed by atoms with E-state index in [1.54, 1.807) is 11.3 Å². The predicted molar refractivity (Wildman–Crippen MR) is 93.1 cm³/mol. The van der Waals surface area contributed by atoms with Gasteiger partial charge in [0, 0.05) is 10.8 Å². The highest BCUT2D eigenvalue weighted by Crippen LogP contribution is 2.34. The van der Waals surface area contributed by atoms with Crippen LogP contribution in [0.5, 0.6) is 0 Å². The minimum atomic E-state index is -0.0238. The second kappa shape index (κ2) is 6.64. The number of anilines is 1. The highest BCUT2D eigenvalue weighted by atomic mass is 32.1. The highest BCUT2D eigenvalue weighted by Gasteiger charge is 2.16. The van der Waals surface area contributed by atoms with Gasteiger partial charge < -0.3 is 9.73 Å². The van der Waals surface area contributed by atoms with Crippen LogP contribution in [0.1, 0.15) is 36.1 Å². The number of rotatable bonds is 5. The molecule has 1 amide bonds. The van der Waals surface area contributed by atoms with Crippen molar-refractivity contribution < 1.29 is 9.21 Å². The van der Waals surface area contributed by atoms with Crippen LogP contribution in [-0.2, 0) is 11.2 Å². The van der Waals surface area contributed by atoms with Crippen LogP contribution in [0.15, 0.2) is 27.3 Å². The molecule has 0 saturated heterocycles. The summed E-state index contributed by atoms with van der Waals surface area (Å²) in [5, 5.41) is 15.0. The van der Waals surface area contributed by atoms with E-state index in [1.807, 2.05) is 43.7 Å². The van der Waals surface area contributed by atoms with Crippen molar-refractivity contribution in [3.05, 3.63) is 39.2 Å². The minimum absolute atomic E-state index is 0.0238. The van der Waals surface area contributed by atoms with Gasteiger partial charge >= 0.3 is 0 Å². The molecule has 3 aromatic heterocycles. The third kappa shape index (κ3) is 3.68. The second-order valence-corrected chi connectivity index (χ2v) is 7.57. The summed E-state index contributed by atoms with van der Waals surface area (Å²) in [5.74, 6) is 1.29. The SMILES string of the molecule is Cc1sc(-c2nnc(C(C)C)o2)cc1NC(=O)Cc1ccsc1. The van der Waals surface area contributed by atoms with Gasteiger partial charge in [0.2, 0.25) is 11.8 Å². The number of hydrogen-bond donors (Lipinski definition) is 1. The largest absolute Gasteiger partial charge is 0.420 e. The van der Waals surface area contributed by atoms with E-state index in [1.165, 1.54) is 11.3 Å². The zero-order chi connectivity index (χ0) is 16.4. The van der Waals surface area contributed by atoms with Crippen LogP contribution in [0, 0.1) is 6.92 Å². The third-order valence-corrected chi connectivity index (χ3v) is 5.05. The van der Waals surface area contributed by atoms with Crippen molar-refractivity contribution in [2.75, 3.05) is 5.32 Å². The average molecular weight is 347 g/mol. The van der Waals surface area contributed by atoms with Crippen LogP contribution >= 0.6 is 22.7 Å². The number of aromatic nitrogens is 2. The predicted octanol–water partition coefficient (Wildman–Crippen LogP) is 4.47. The molecule has 1 N–H and O–H groups in total. The minimum Gasteiger partial charge on any atom is -0.420 e. The van der Waals surface area contributed by atoms with E-state index >= 15 is 0 Å². The lowest BCUT2D eigenvalue weighted by molar-refractivity contribution is -0.115. The average Bonchev–Trinajstić information content (AvgIpc) is 3.20. The summed E-state index contributed by atoms with van der Waals surface area (Å²) in [7, 11) is 0. The van der Waals surface area contributed by atoms with E-state index in [0.29, 0.717) is 18.2 Å². The van der Waals surface area contributed by atoms with E-state index in [0.717, 1.165) is 21.0 Å². The molecular formula is C16H17N3O2S2. The lowest BCUT2D eigenvalue weighted by Gasteiger charge is -2.02. The van der Waals surface area contributed by atoms with Gasteiger partial charge in [-0.15, -0.1) is 21.5 Å². The number of aryl methyl sites for hydroxylation is 1. The van der Waals surface area contributed by atoms with Crippen LogP contribution in [0.3, 0.4) is 0 Å². The summed E-state index contributed by atoms with van der Waals surface area (Å²) in [6, 6.07) is 3.85. The lowest BCUT2D eigenvalue weighted by atomic mass is 10.2. The summed E-state index contributed by atoms with van der Waals surface area (Å²) in [6.07, 6.45) is 0.381. The molecule has 0 bridgehead atoms. The Kier molecular flexibility index (Phi) is 4.58. The van der Waals surface area contributed by atoms with Gasteiger partial charge in [0.25, 0.3) is 5.89 Å². The van der Waals surface area contributed by atoms with E-state index in [9.17, 15) is 4.79 Å². The Morgan fingerprint density at radius 2 is 2.22 bits per heavy atom. The third-order valence-electron chi connectivity index (χ3n) is 3.28. The normalized spacial score (nSPS) is 11.1. The summed E-state index contributed by atoms with van der Waals surface area (Å²) >= 11 is 3.12. The molecule has 0 aliphatic carbocycles. The summed E-state index contributed by atoms with van der Waals surface area (Å²) < 4.78 is 5.67. The molecule has 7 heteroatoms. The van der Waals surface area contributed by atoms with E-state index < -0.39 is 0 Å². The van der Waals surface area contributed by atoms with Gasteiger partial charge in [-0.2, -0.15) is 11.3 Å². The Morgan fingerprint density at radius 3 is 2.87 bits per heavy atom. The molecule has 3 heterocycles. The number of hydrogen-bond acceptors (Lipinski definition) is 6. The van der Waals surface area contributed by atoms with Crippen molar-refractivity contribution >= 4 is 34.3 Å². The molecule has 3 aromatic rings. The van der Waals surface area contributed by atoms with E-state index in [2.05, 4.69) is 15.5 Å². The first-order chi connectivity index (χ1) is 11.0. The number of nitrogens with one attached hydrogen (secondary N) is 1. The van der Waals surface area contributed by atoms with Crippen molar-refractivity contribution in [2.45, 2.75) is 33.1 Å². The van der Waals surface area contributed by atoms with Gasteiger partial charge in [-0.05, 0) is 35.4 Å². The van der Waals surface area contributed by atoms with Gasteiger partial charge in [0.05, 0.1) is 17.0 Å². The first-order valence-electron chi connectivity index (χ1n) is 7.28. The van der Waals surface area contributed by atoms with Gasteiger partial charge in [-0.25, -0.2) is 0 Å². The van der Waals surface area contributed by atoms with Gasteiger partial charge in [0.1, 0.15) is 0 Å². The fraction of sp³-hybridized carbons (Fsp3) is 0.312. The summed E-state index contributed by atoms with van der Waals surface area (Å²) in [5.41, 5.74) is 1.83. The zero-order valence-electron chi connectivity index (χ0n) is 13.1. The smallest absolute Gasteiger partial charge is 0.257 e. The molecule has 0 unspecified atom stereocenters. The molecule has 0 radical (unpaired) electrons. The summed E-state index contributed by atoms with van der Waals surface area (Å²) in [6.45, 7) is 5.98. The fourth-order valence-corrected chi connectivity index (χ4v) is 3.62. The molecule has 0 aliphatic rings. The van der Waals surface area contributed by atoms with Crippen LogP contribution < -0.4 is 5.32 Å². The monoisotopic (exact) mass is 347 g/mol. The van der Waals surface area contributed by atoms with Crippen molar-refractivity contribution in [1.29, 1.82) is 0 Å². The molecule has 5 nitrogen and oxygen atoms in total. The number of thiophene rings is 2. The second-order valence-electron chi connectivity index (χ2n) is 5.54. The van der Waals surface area contributed by atoms with Crippen LogP contribution in [-0.4, -0.2) is 16.1 Å². The molecule has 0 spiro atoms. The van der Waals surface area contributed by atoms with Crippen molar-refractivity contribution in [3.8, 4) is 10.8 Å². The number of carbonyl (C=O) groups excluding carboxylic acids is 1. The Bertz CT molecular complexity index is 803. The van der Waals surface area contributed by atoms with E-state index in [-0.39, 0.29) is 11.8 Å². The molecule has 0 atom stereocenters.